The van der Waals surface area contributed by atoms with Gasteiger partial charge < -0.3 is 23.8 Å². The highest BCUT2D eigenvalue weighted by molar-refractivity contribution is 8.10. The molecular formula is C23H34F4N3O9PS. The van der Waals surface area contributed by atoms with E-state index in [1.807, 2.05) is 0 Å². The highest BCUT2D eigenvalue weighted by atomic mass is 32.4. The van der Waals surface area contributed by atoms with Crippen LogP contribution in [0.25, 0.3) is 0 Å². The van der Waals surface area contributed by atoms with Gasteiger partial charge in [0, 0.05) is 6.20 Å². The number of Topliss-reactive ketones (excluding diaryl/α,β-unsaturated/α-hetero) is 1. The van der Waals surface area contributed by atoms with Gasteiger partial charge in [-0.1, -0.05) is 0 Å². The fourth-order valence-electron chi connectivity index (χ4n) is 3.74. The number of nitrogens with zero attached hydrogens (tertiary/aromatic N) is 1. The van der Waals surface area contributed by atoms with Gasteiger partial charge in [0.1, 0.15) is 18.2 Å². The van der Waals surface area contributed by atoms with Crippen LogP contribution in [0, 0.1) is 0 Å². The van der Waals surface area contributed by atoms with Gasteiger partial charge in [-0.05, 0) is 53.3 Å². The molecule has 1 fully saturated rings. The molecule has 0 spiro atoms. The van der Waals surface area contributed by atoms with Crippen molar-refractivity contribution in [3.8, 4) is 0 Å². The molecule has 2 aliphatic heterocycles. The summed E-state index contributed by atoms with van der Waals surface area (Å²) in [5.74, 6) is -5.38. The number of aliphatic hydroxyl groups excluding tert-OH is 1. The molecule has 0 saturated carbocycles. The van der Waals surface area contributed by atoms with Crippen molar-refractivity contribution in [2.24, 2.45) is 0 Å². The summed E-state index contributed by atoms with van der Waals surface area (Å²) in [5, 5.41) is 15.7. The zero-order valence-corrected chi connectivity index (χ0v) is 24.8. The summed E-state index contributed by atoms with van der Waals surface area (Å²) in [6.07, 6.45) is -12.9. The Balaban J connectivity index is 2.37. The third-order valence-electron chi connectivity index (χ3n) is 5.79. The highest BCUT2D eigenvalue weighted by Crippen LogP contribution is 2.46. The first-order valence-electron chi connectivity index (χ1n) is 12.5. The van der Waals surface area contributed by atoms with Gasteiger partial charge in [-0.25, -0.2) is 27.7 Å². The molecule has 0 unspecified atom stereocenters. The van der Waals surface area contributed by atoms with Gasteiger partial charge in [-0.3, -0.25) is 24.1 Å². The van der Waals surface area contributed by atoms with Gasteiger partial charge in [0.2, 0.25) is 11.7 Å². The maximum atomic E-state index is 15.1. The van der Waals surface area contributed by atoms with Crippen LogP contribution in [0.15, 0.2) is 12.0 Å². The van der Waals surface area contributed by atoms with Gasteiger partial charge >= 0.3 is 11.9 Å². The fraction of sp³-hybridized carbons (Fsp3) is 0.739. The Labute approximate surface area is 239 Å². The van der Waals surface area contributed by atoms with Crippen LogP contribution in [0.2, 0.25) is 0 Å². The monoisotopic (exact) mass is 635 g/mol. The maximum Gasteiger partial charge on any atom is 0.323 e. The predicted octanol–water partition coefficient (Wildman–Crippen LogP) is 1.76. The van der Waals surface area contributed by atoms with Crippen molar-refractivity contribution >= 4 is 42.0 Å². The lowest BCUT2D eigenvalue weighted by molar-refractivity contribution is -0.199. The molecule has 1 amide bonds. The second kappa shape index (κ2) is 14.0. The van der Waals surface area contributed by atoms with E-state index in [1.54, 1.807) is 27.7 Å². The average molecular weight is 636 g/mol. The van der Waals surface area contributed by atoms with Crippen molar-refractivity contribution in [2.45, 2.75) is 103 Å². The molecule has 2 heterocycles. The van der Waals surface area contributed by atoms with E-state index in [9.17, 15) is 37.5 Å². The number of hydrogen-bond donors (Lipinski definition) is 3. The third kappa shape index (κ3) is 8.52. The summed E-state index contributed by atoms with van der Waals surface area (Å²) in [5.41, 5.74) is -3.15. The lowest BCUT2D eigenvalue weighted by Crippen LogP contribution is -2.53. The van der Waals surface area contributed by atoms with Gasteiger partial charge in [-0.2, -0.15) is 0 Å². The summed E-state index contributed by atoms with van der Waals surface area (Å²) in [7, 11) is 0. The number of aliphatic hydroxyl groups is 1. The number of carbonyl (C=O) groups is 4. The molecule has 2 aliphatic rings. The minimum atomic E-state index is -3.90. The number of allylic oxidation sites excluding steroid dienone is 1. The number of alkyl halides is 3. The SMILES string of the molecule is CC(C)OC(=O)[C@H](C)NP(=S)(N[C@@H](C)C(=O)OC(C)C)OC[C@@]1(C(F)F)O[C@@H](N2C=C(F)C(=O)CC2=O)[C@H](F)[C@@H]1O. The van der Waals surface area contributed by atoms with Crippen LogP contribution in [-0.2, 0) is 49.7 Å². The number of nitrogens with one attached hydrogen (secondary N) is 2. The molecule has 0 bridgehead atoms. The maximum absolute atomic E-state index is 15.1. The second-order valence-corrected chi connectivity index (χ2v) is 13.4. The van der Waals surface area contributed by atoms with Crippen molar-refractivity contribution in [3.63, 3.8) is 0 Å². The van der Waals surface area contributed by atoms with Crippen LogP contribution in [-0.4, -0.2) is 95.1 Å². The quantitative estimate of drug-likeness (QED) is 0.117. The Morgan fingerprint density at radius 1 is 1.12 bits per heavy atom. The molecular weight excluding hydrogens is 601 g/mol. The highest BCUT2D eigenvalue weighted by Gasteiger charge is 2.63. The fourth-order valence-corrected chi connectivity index (χ4v) is 6.68. The topological polar surface area (TPSA) is 153 Å². The van der Waals surface area contributed by atoms with E-state index in [1.165, 1.54) is 13.8 Å². The van der Waals surface area contributed by atoms with E-state index < -0.39 is 104 Å². The molecule has 3 N–H and O–H groups in total. The molecule has 2 rings (SSSR count). The summed E-state index contributed by atoms with van der Waals surface area (Å²) in [4.78, 5) is 48.8. The van der Waals surface area contributed by atoms with E-state index in [0.29, 0.717) is 6.20 Å². The summed E-state index contributed by atoms with van der Waals surface area (Å²) in [6, 6.07) is -2.39. The van der Waals surface area contributed by atoms with E-state index in [0.717, 1.165) is 0 Å². The van der Waals surface area contributed by atoms with E-state index in [2.05, 4.69) is 10.2 Å². The van der Waals surface area contributed by atoms with E-state index >= 15 is 4.39 Å². The lowest BCUT2D eigenvalue weighted by Gasteiger charge is -2.36. The zero-order valence-electron chi connectivity index (χ0n) is 23.1. The zero-order chi connectivity index (χ0) is 31.4. The first kappa shape index (κ1) is 35.2. The van der Waals surface area contributed by atoms with Crippen molar-refractivity contribution in [2.75, 3.05) is 6.61 Å². The summed E-state index contributed by atoms with van der Waals surface area (Å²) < 4.78 is 78.8. The van der Waals surface area contributed by atoms with Crippen molar-refractivity contribution in [1.82, 2.24) is 15.1 Å². The predicted molar refractivity (Wildman–Crippen MR) is 138 cm³/mol. The van der Waals surface area contributed by atoms with Crippen LogP contribution < -0.4 is 10.2 Å². The first-order chi connectivity index (χ1) is 18.8. The Hall–Kier alpha value is -2.01. The number of rotatable bonds is 13. The van der Waals surface area contributed by atoms with Crippen molar-refractivity contribution in [3.05, 3.63) is 12.0 Å². The molecule has 0 radical (unpaired) electrons. The molecule has 0 aromatic carbocycles. The Morgan fingerprint density at radius 3 is 2.05 bits per heavy atom. The molecule has 18 heteroatoms. The number of esters is 2. The Morgan fingerprint density at radius 2 is 1.61 bits per heavy atom. The van der Waals surface area contributed by atoms with Gasteiger partial charge in [0.05, 0.1) is 25.2 Å². The van der Waals surface area contributed by atoms with Crippen LogP contribution in [0.3, 0.4) is 0 Å². The van der Waals surface area contributed by atoms with Gasteiger partial charge in [0.25, 0.3) is 6.43 Å². The molecule has 0 aromatic heterocycles. The summed E-state index contributed by atoms with van der Waals surface area (Å²) >= 11 is 5.47. The number of ketones is 1. The van der Waals surface area contributed by atoms with E-state index in [-0.39, 0.29) is 4.90 Å². The molecule has 41 heavy (non-hydrogen) atoms. The Bertz CT molecular complexity index is 1060. The van der Waals surface area contributed by atoms with E-state index in [4.69, 9.17) is 30.5 Å². The second-order valence-electron chi connectivity index (χ2n) is 10.0. The third-order valence-corrected chi connectivity index (χ3v) is 8.68. The normalized spacial score (nSPS) is 26.9. The molecule has 1 saturated heterocycles. The van der Waals surface area contributed by atoms with Crippen LogP contribution in [0.1, 0.15) is 48.0 Å². The molecule has 0 aliphatic carbocycles. The van der Waals surface area contributed by atoms with Gasteiger partial charge in [0.15, 0.2) is 30.4 Å². The van der Waals surface area contributed by atoms with Crippen LogP contribution >= 0.6 is 6.57 Å². The minimum Gasteiger partial charge on any atom is -0.462 e. The van der Waals surface area contributed by atoms with Crippen molar-refractivity contribution in [1.29, 1.82) is 0 Å². The largest absolute Gasteiger partial charge is 0.462 e. The number of carbonyl (C=O) groups excluding carboxylic acids is 4. The molecule has 234 valence electrons. The summed E-state index contributed by atoms with van der Waals surface area (Å²) in [6.45, 7) is 3.77. The number of halogens is 4. The minimum absolute atomic E-state index is 0.273. The van der Waals surface area contributed by atoms with Gasteiger partial charge in [-0.15, -0.1) is 0 Å². The Kier molecular flexibility index (Phi) is 12.0. The standard InChI is InChI=1S/C23H34F4N3O9PS/c1-10(2)37-20(34)12(5)28-40(41,29-13(6)21(35)38-11(3)4)36-9-23(22(26)27)18(33)17(25)19(39-23)30-8-14(24)15(31)7-16(30)32/h8,10-13,17-19,22,33H,7,9H2,1-6H3,(H2,28,29,41)/t12-,13-,17+,18-,19+,23+/m0/s1. The molecule has 6 atom stereocenters. The first-order valence-corrected chi connectivity index (χ1v) is 15.3. The smallest absolute Gasteiger partial charge is 0.323 e. The van der Waals surface area contributed by atoms with Crippen LogP contribution in [0.4, 0.5) is 17.6 Å². The number of ether oxygens (including phenoxy) is 3. The van der Waals surface area contributed by atoms with Crippen molar-refractivity contribution < 1.29 is 60.6 Å². The molecule has 0 aromatic rings. The lowest BCUT2D eigenvalue weighted by atomic mass is 9.97. The molecule has 12 nitrogen and oxygen atoms in total. The number of amides is 1. The average Bonchev–Trinajstić information content (AvgIpc) is 3.10. The number of hydrogen-bond acceptors (Lipinski definition) is 10. The van der Waals surface area contributed by atoms with Crippen LogP contribution in [0.5, 0.6) is 0 Å².